The predicted molar refractivity (Wildman–Crippen MR) is 80.6 cm³/mol. The summed E-state index contributed by atoms with van der Waals surface area (Å²) in [5.41, 5.74) is 1.05. The van der Waals surface area contributed by atoms with Gasteiger partial charge in [0.1, 0.15) is 0 Å². The topological polar surface area (TPSA) is 72.9 Å². The van der Waals surface area contributed by atoms with Gasteiger partial charge in [-0.15, -0.1) is 0 Å². The summed E-state index contributed by atoms with van der Waals surface area (Å²) in [6.07, 6.45) is 0.679. The second-order valence-corrected chi connectivity index (χ2v) is 8.12. The molecular formula is C15H19NO5S. The molecule has 22 heavy (non-hydrogen) atoms. The molecule has 0 aromatic heterocycles. The van der Waals surface area contributed by atoms with Crippen LogP contribution in [0.5, 0.6) is 11.5 Å². The van der Waals surface area contributed by atoms with E-state index in [1.165, 1.54) is 0 Å². The van der Waals surface area contributed by atoms with E-state index in [4.69, 9.17) is 9.47 Å². The van der Waals surface area contributed by atoms with E-state index in [-0.39, 0.29) is 36.2 Å². The highest BCUT2D eigenvalue weighted by atomic mass is 32.2. The lowest BCUT2D eigenvalue weighted by Crippen LogP contribution is -2.50. The van der Waals surface area contributed by atoms with E-state index in [0.717, 1.165) is 17.1 Å². The summed E-state index contributed by atoms with van der Waals surface area (Å²) in [5, 5.41) is 0. The summed E-state index contributed by atoms with van der Waals surface area (Å²) in [4.78, 5) is 13.9. The van der Waals surface area contributed by atoms with E-state index in [2.05, 4.69) is 0 Å². The summed E-state index contributed by atoms with van der Waals surface area (Å²) in [5.74, 6) is 0.946. The Morgan fingerprint density at radius 2 is 2.00 bits per heavy atom. The maximum atomic E-state index is 12.2. The van der Waals surface area contributed by atoms with Crippen molar-refractivity contribution < 1.29 is 22.7 Å². The van der Waals surface area contributed by atoms with Crippen LogP contribution in [0.25, 0.3) is 0 Å². The first-order chi connectivity index (χ1) is 10.4. The van der Waals surface area contributed by atoms with Crippen LogP contribution in [-0.2, 0) is 21.1 Å². The number of carbonyl (C=O) groups excluding carboxylic acids is 1. The average molecular weight is 325 g/mol. The Hall–Kier alpha value is -1.76. The van der Waals surface area contributed by atoms with Crippen molar-refractivity contribution in [1.29, 1.82) is 0 Å². The Bertz CT molecular complexity index is 688. The molecule has 0 saturated carbocycles. The van der Waals surface area contributed by atoms with Gasteiger partial charge < -0.3 is 14.4 Å². The minimum absolute atomic E-state index is 0.0174. The zero-order valence-corrected chi connectivity index (χ0v) is 13.4. The van der Waals surface area contributed by atoms with Crippen LogP contribution < -0.4 is 9.47 Å². The summed E-state index contributed by atoms with van der Waals surface area (Å²) in [6.45, 7) is 2.19. The number of fused-ring (bicyclic) bond motifs is 1. The standard InChI is InChI=1S/C15H19NO5S/c1-10(16(2)15(17)12-7-22(18,19)8-12)5-11-3-4-13-14(6-11)21-9-20-13/h3-4,6,10,12H,5,7-9H2,1-2H3. The van der Waals surface area contributed by atoms with Crippen LogP contribution in [0.4, 0.5) is 0 Å². The molecule has 0 N–H and O–H groups in total. The van der Waals surface area contributed by atoms with Crippen LogP contribution >= 0.6 is 0 Å². The lowest BCUT2D eigenvalue weighted by Gasteiger charge is -2.32. The third-order valence-corrected chi connectivity index (χ3v) is 6.06. The molecule has 1 aromatic carbocycles. The first-order valence-corrected chi connectivity index (χ1v) is 9.03. The second kappa shape index (κ2) is 5.46. The van der Waals surface area contributed by atoms with Crippen molar-refractivity contribution in [2.24, 2.45) is 5.92 Å². The predicted octanol–water partition coefficient (Wildman–Crippen LogP) is 0.849. The van der Waals surface area contributed by atoms with Crippen LogP contribution in [0.3, 0.4) is 0 Å². The second-order valence-electron chi connectivity index (χ2n) is 5.96. The molecule has 2 aliphatic heterocycles. The number of carbonyl (C=O) groups is 1. The first-order valence-electron chi connectivity index (χ1n) is 7.21. The van der Waals surface area contributed by atoms with Gasteiger partial charge in [0.2, 0.25) is 12.7 Å². The Labute approximate surface area is 129 Å². The molecule has 1 unspecified atom stereocenters. The van der Waals surface area contributed by atoms with Gasteiger partial charge in [0.25, 0.3) is 0 Å². The lowest BCUT2D eigenvalue weighted by molar-refractivity contribution is -0.135. The van der Waals surface area contributed by atoms with E-state index in [1.807, 2.05) is 25.1 Å². The number of benzene rings is 1. The van der Waals surface area contributed by atoms with Crippen molar-refractivity contribution in [3.05, 3.63) is 23.8 Å². The van der Waals surface area contributed by atoms with E-state index >= 15 is 0 Å². The number of nitrogens with zero attached hydrogens (tertiary/aromatic N) is 1. The van der Waals surface area contributed by atoms with Crippen LogP contribution in [0.15, 0.2) is 18.2 Å². The minimum atomic E-state index is -2.98. The summed E-state index contributed by atoms with van der Waals surface area (Å²) >= 11 is 0. The van der Waals surface area contributed by atoms with Gasteiger partial charge in [-0.1, -0.05) is 6.07 Å². The molecule has 1 atom stereocenters. The van der Waals surface area contributed by atoms with Crippen molar-refractivity contribution in [3.63, 3.8) is 0 Å². The highest BCUT2D eigenvalue weighted by Gasteiger charge is 2.40. The number of sulfone groups is 1. The average Bonchev–Trinajstić information content (AvgIpc) is 2.90. The molecule has 120 valence electrons. The fraction of sp³-hybridized carbons (Fsp3) is 0.533. The van der Waals surface area contributed by atoms with Crippen molar-refractivity contribution in [3.8, 4) is 11.5 Å². The molecule has 0 bridgehead atoms. The summed E-state index contributed by atoms with van der Waals surface area (Å²) in [6, 6.07) is 5.72. The molecule has 0 aliphatic carbocycles. The summed E-state index contributed by atoms with van der Waals surface area (Å²) < 4.78 is 33.0. The number of amides is 1. The van der Waals surface area contributed by atoms with Crippen molar-refractivity contribution in [2.45, 2.75) is 19.4 Å². The highest BCUT2D eigenvalue weighted by molar-refractivity contribution is 7.92. The summed E-state index contributed by atoms with van der Waals surface area (Å²) in [7, 11) is -1.25. The van der Waals surface area contributed by atoms with Crippen molar-refractivity contribution >= 4 is 15.7 Å². The van der Waals surface area contributed by atoms with Crippen molar-refractivity contribution in [1.82, 2.24) is 4.90 Å². The molecule has 7 heteroatoms. The smallest absolute Gasteiger partial charge is 0.231 e. The van der Waals surface area contributed by atoms with Crippen LogP contribution in [0.1, 0.15) is 12.5 Å². The Morgan fingerprint density at radius 1 is 1.32 bits per heavy atom. The normalized spacial score (nSPS) is 20.3. The molecule has 1 saturated heterocycles. The molecule has 0 spiro atoms. The lowest BCUT2D eigenvalue weighted by atomic mass is 10.0. The number of ether oxygens (including phenoxy) is 2. The SMILES string of the molecule is CC(Cc1ccc2c(c1)OCO2)N(C)C(=O)C1CS(=O)(=O)C1. The fourth-order valence-corrected chi connectivity index (χ4v) is 4.17. The molecule has 1 fully saturated rings. The van der Waals surface area contributed by atoms with Gasteiger partial charge in [0.15, 0.2) is 21.3 Å². The Morgan fingerprint density at radius 3 is 2.68 bits per heavy atom. The van der Waals surface area contributed by atoms with Gasteiger partial charge in [0.05, 0.1) is 17.4 Å². The number of hydrogen-bond acceptors (Lipinski definition) is 5. The number of rotatable bonds is 4. The van der Waals surface area contributed by atoms with Gasteiger partial charge in [-0.25, -0.2) is 8.42 Å². The molecule has 0 radical (unpaired) electrons. The number of hydrogen-bond donors (Lipinski definition) is 0. The Balaban J connectivity index is 1.61. The molecule has 1 amide bonds. The van der Waals surface area contributed by atoms with E-state index in [0.29, 0.717) is 6.42 Å². The zero-order valence-electron chi connectivity index (χ0n) is 12.6. The van der Waals surface area contributed by atoms with E-state index in [1.54, 1.807) is 11.9 Å². The largest absolute Gasteiger partial charge is 0.454 e. The van der Waals surface area contributed by atoms with E-state index in [9.17, 15) is 13.2 Å². The van der Waals surface area contributed by atoms with Crippen LogP contribution in [0.2, 0.25) is 0 Å². The van der Waals surface area contributed by atoms with E-state index < -0.39 is 9.84 Å². The molecular weight excluding hydrogens is 306 g/mol. The van der Waals surface area contributed by atoms with Crippen LogP contribution in [-0.4, -0.2) is 50.6 Å². The monoisotopic (exact) mass is 325 g/mol. The van der Waals surface area contributed by atoms with Gasteiger partial charge in [0, 0.05) is 13.1 Å². The maximum absolute atomic E-state index is 12.2. The first kappa shape index (κ1) is 15.1. The molecule has 2 heterocycles. The Kier molecular flexibility index (Phi) is 3.76. The quantitative estimate of drug-likeness (QED) is 0.820. The molecule has 3 rings (SSSR count). The van der Waals surface area contributed by atoms with Gasteiger partial charge >= 0.3 is 0 Å². The van der Waals surface area contributed by atoms with Gasteiger partial charge in [-0.3, -0.25) is 4.79 Å². The van der Waals surface area contributed by atoms with Gasteiger partial charge in [-0.2, -0.15) is 0 Å². The molecule has 6 nitrogen and oxygen atoms in total. The maximum Gasteiger partial charge on any atom is 0.231 e. The highest BCUT2D eigenvalue weighted by Crippen LogP contribution is 2.33. The molecule has 1 aromatic rings. The third kappa shape index (κ3) is 2.90. The fourth-order valence-electron chi connectivity index (χ4n) is 2.76. The van der Waals surface area contributed by atoms with Crippen molar-refractivity contribution in [2.75, 3.05) is 25.3 Å². The molecule has 2 aliphatic rings. The van der Waals surface area contributed by atoms with Gasteiger partial charge in [-0.05, 0) is 31.0 Å². The van der Waals surface area contributed by atoms with Crippen LogP contribution in [0, 0.1) is 5.92 Å². The number of likely N-dealkylation sites (N-methyl/N-ethyl adjacent to an activating group) is 1. The third-order valence-electron chi connectivity index (χ3n) is 4.24. The minimum Gasteiger partial charge on any atom is -0.454 e. The zero-order chi connectivity index (χ0) is 15.9.